The van der Waals surface area contributed by atoms with Gasteiger partial charge >= 0.3 is 0 Å². The maximum Gasteiger partial charge on any atom is 0.252 e. The molecule has 1 fully saturated rings. The summed E-state index contributed by atoms with van der Waals surface area (Å²) in [5.41, 5.74) is 0. The molecule has 0 N–H and O–H groups in total. The molecule has 0 bridgehead atoms. The average Bonchev–Trinajstić information content (AvgIpc) is 3.41. The minimum absolute atomic E-state index is 0.126. The minimum atomic E-state index is -3.65. The highest BCUT2D eigenvalue weighted by atomic mass is 32.2. The quantitative estimate of drug-likeness (QED) is 0.575. The van der Waals surface area contributed by atoms with Crippen molar-refractivity contribution in [2.24, 2.45) is 0 Å². The molecule has 158 valence electrons. The lowest BCUT2D eigenvalue weighted by atomic mass is 10.1. The van der Waals surface area contributed by atoms with Crippen molar-refractivity contribution in [2.45, 2.75) is 23.8 Å². The normalized spacial score (nSPS) is 19.6. The van der Waals surface area contributed by atoms with E-state index in [1.807, 2.05) is 0 Å². The summed E-state index contributed by atoms with van der Waals surface area (Å²) in [6.45, 7) is 2.64. The van der Waals surface area contributed by atoms with Crippen LogP contribution in [-0.2, 0) is 26.1 Å². The lowest BCUT2D eigenvalue weighted by Gasteiger charge is -2.21. The molecule has 11 heteroatoms. The van der Waals surface area contributed by atoms with E-state index in [4.69, 9.17) is 23.5 Å². The van der Waals surface area contributed by atoms with E-state index in [1.165, 1.54) is 10.4 Å². The summed E-state index contributed by atoms with van der Waals surface area (Å²) in [7, 11) is -2.06. The van der Waals surface area contributed by atoms with Gasteiger partial charge < -0.3 is 23.5 Å². The van der Waals surface area contributed by atoms with E-state index >= 15 is 0 Å². The number of methoxy groups -OCH3 is 1. The highest BCUT2D eigenvalue weighted by Crippen LogP contribution is 2.35. The van der Waals surface area contributed by atoms with Gasteiger partial charge in [0.15, 0.2) is 17.3 Å². The predicted molar refractivity (Wildman–Crippen MR) is 99.4 cm³/mol. The van der Waals surface area contributed by atoms with E-state index < -0.39 is 10.0 Å². The van der Waals surface area contributed by atoms with Crippen molar-refractivity contribution in [1.29, 1.82) is 0 Å². The molecule has 2 aliphatic heterocycles. The molecule has 0 saturated carbocycles. The fourth-order valence-corrected chi connectivity index (χ4v) is 4.80. The lowest BCUT2D eigenvalue weighted by Crippen LogP contribution is -2.29. The van der Waals surface area contributed by atoms with Crippen LogP contribution in [0.5, 0.6) is 11.5 Å². The average molecular weight is 425 g/mol. The van der Waals surface area contributed by atoms with Crippen LogP contribution in [0.25, 0.3) is 0 Å². The molecular weight excluding hydrogens is 402 g/mol. The number of benzene rings is 1. The molecule has 1 saturated heterocycles. The number of sulfonamides is 1. The summed E-state index contributed by atoms with van der Waals surface area (Å²) in [6, 6.07) is 4.69. The van der Waals surface area contributed by atoms with Gasteiger partial charge in [0.05, 0.1) is 18.1 Å². The summed E-state index contributed by atoms with van der Waals surface area (Å²) in [5, 5.41) is 3.99. The van der Waals surface area contributed by atoms with Gasteiger partial charge in [0.2, 0.25) is 10.0 Å². The monoisotopic (exact) mass is 425 g/mol. The third-order valence-electron chi connectivity index (χ3n) is 4.81. The summed E-state index contributed by atoms with van der Waals surface area (Å²) in [5.74, 6) is 1.74. The number of nitrogens with zero attached hydrogens (tertiary/aromatic N) is 3. The highest BCUT2D eigenvalue weighted by molar-refractivity contribution is 7.89. The van der Waals surface area contributed by atoms with Crippen molar-refractivity contribution < 1.29 is 31.9 Å². The standard InChI is InChI=1S/C18H23N3O7S/c1-24-6-7-25-12-17-19-18(20-28-17)13-4-5-21(11-13)29(22,23)14-2-3-15-16(10-14)27-9-8-26-15/h2-3,10,13H,4-9,11-12H2,1H3/t13-/m0/s1. The second-order valence-electron chi connectivity index (χ2n) is 6.75. The third kappa shape index (κ3) is 4.37. The number of hydrogen-bond acceptors (Lipinski definition) is 9. The number of ether oxygens (including phenoxy) is 4. The van der Waals surface area contributed by atoms with Crippen molar-refractivity contribution in [3.05, 3.63) is 29.9 Å². The number of aromatic nitrogens is 2. The Labute approximate surface area is 168 Å². The number of fused-ring (bicyclic) bond motifs is 1. The van der Waals surface area contributed by atoms with Crippen LogP contribution in [0, 0.1) is 0 Å². The van der Waals surface area contributed by atoms with Crippen molar-refractivity contribution in [2.75, 3.05) is 46.6 Å². The zero-order valence-corrected chi connectivity index (χ0v) is 16.9. The van der Waals surface area contributed by atoms with Gasteiger partial charge in [0.1, 0.15) is 19.8 Å². The zero-order valence-electron chi connectivity index (χ0n) is 16.1. The maximum atomic E-state index is 13.0. The van der Waals surface area contributed by atoms with Crippen molar-refractivity contribution in [3.8, 4) is 11.5 Å². The Balaban J connectivity index is 1.41. The topological polar surface area (TPSA) is 113 Å². The van der Waals surface area contributed by atoms with E-state index in [0.29, 0.717) is 69.2 Å². The van der Waals surface area contributed by atoms with Gasteiger partial charge in [0, 0.05) is 32.2 Å². The molecule has 10 nitrogen and oxygen atoms in total. The Morgan fingerprint density at radius 3 is 2.86 bits per heavy atom. The van der Waals surface area contributed by atoms with Gasteiger partial charge in [-0.1, -0.05) is 5.16 Å². The molecule has 0 amide bonds. The van der Waals surface area contributed by atoms with Gasteiger partial charge in [-0.2, -0.15) is 9.29 Å². The smallest absolute Gasteiger partial charge is 0.252 e. The first-order valence-electron chi connectivity index (χ1n) is 9.37. The van der Waals surface area contributed by atoms with Crippen LogP contribution in [-0.4, -0.2) is 69.5 Å². The molecule has 4 rings (SSSR count). The van der Waals surface area contributed by atoms with Crippen LogP contribution in [0.3, 0.4) is 0 Å². The first-order chi connectivity index (χ1) is 14.1. The van der Waals surface area contributed by atoms with E-state index in [1.54, 1.807) is 19.2 Å². The first kappa shape index (κ1) is 20.1. The Morgan fingerprint density at radius 1 is 1.21 bits per heavy atom. The number of rotatable bonds is 8. The second kappa shape index (κ2) is 8.66. The summed E-state index contributed by atoms with van der Waals surface area (Å²) in [6.07, 6.45) is 0.618. The molecule has 2 aromatic rings. The molecule has 0 radical (unpaired) electrons. The SMILES string of the molecule is COCCOCc1nc([C@H]2CCN(S(=O)(=O)c3ccc4c(c3)OCCO4)C2)no1. The summed E-state index contributed by atoms with van der Waals surface area (Å²) >= 11 is 0. The van der Waals surface area contributed by atoms with Gasteiger partial charge in [-0.25, -0.2) is 8.42 Å². The van der Waals surface area contributed by atoms with Crippen molar-refractivity contribution >= 4 is 10.0 Å². The molecule has 1 aromatic carbocycles. The molecule has 3 heterocycles. The molecule has 0 unspecified atom stereocenters. The third-order valence-corrected chi connectivity index (χ3v) is 6.67. The van der Waals surface area contributed by atoms with Crippen LogP contribution >= 0.6 is 0 Å². The van der Waals surface area contributed by atoms with Crippen LogP contribution in [0.2, 0.25) is 0 Å². The highest BCUT2D eigenvalue weighted by Gasteiger charge is 2.36. The van der Waals surface area contributed by atoms with Gasteiger partial charge in [0.25, 0.3) is 5.89 Å². The van der Waals surface area contributed by atoms with E-state index in [-0.39, 0.29) is 17.4 Å². The Morgan fingerprint density at radius 2 is 2.03 bits per heavy atom. The number of hydrogen-bond donors (Lipinski definition) is 0. The first-order valence-corrected chi connectivity index (χ1v) is 10.8. The predicted octanol–water partition coefficient (Wildman–Crippen LogP) is 1.18. The van der Waals surface area contributed by atoms with Gasteiger partial charge in [-0.05, 0) is 18.6 Å². The molecule has 2 aliphatic rings. The fourth-order valence-electron chi connectivity index (χ4n) is 3.28. The van der Waals surface area contributed by atoms with Crippen molar-refractivity contribution in [3.63, 3.8) is 0 Å². The fraction of sp³-hybridized carbons (Fsp3) is 0.556. The van der Waals surface area contributed by atoms with Gasteiger partial charge in [-0.15, -0.1) is 0 Å². The second-order valence-corrected chi connectivity index (χ2v) is 8.68. The largest absolute Gasteiger partial charge is 0.486 e. The maximum absolute atomic E-state index is 13.0. The molecule has 0 aliphatic carbocycles. The lowest BCUT2D eigenvalue weighted by molar-refractivity contribution is 0.0494. The van der Waals surface area contributed by atoms with Gasteiger partial charge in [-0.3, -0.25) is 0 Å². The van der Waals surface area contributed by atoms with Crippen LogP contribution in [0.15, 0.2) is 27.6 Å². The zero-order chi connectivity index (χ0) is 20.3. The molecule has 1 aromatic heterocycles. The van der Waals surface area contributed by atoms with Crippen LogP contribution in [0.1, 0.15) is 24.1 Å². The summed E-state index contributed by atoms with van der Waals surface area (Å²) in [4.78, 5) is 4.52. The van der Waals surface area contributed by atoms with E-state index in [2.05, 4.69) is 10.1 Å². The molecular formula is C18H23N3O7S. The minimum Gasteiger partial charge on any atom is -0.486 e. The van der Waals surface area contributed by atoms with Crippen LogP contribution in [0.4, 0.5) is 0 Å². The Hall–Kier alpha value is -2.21. The molecule has 29 heavy (non-hydrogen) atoms. The Bertz CT molecular complexity index is 947. The summed E-state index contributed by atoms with van der Waals surface area (Å²) < 4.78 is 53.9. The Kier molecular flexibility index (Phi) is 5.99. The molecule has 1 atom stereocenters. The van der Waals surface area contributed by atoms with Crippen LogP contribution < -0.4 is 9.47 Å². The van der Waals surface area contributed by atoms with E-state index in [0.717, 1.165) is 0 Å². The molecule has 0 spiro atoms. The van der Waals surface area contributed by atoms with E-state index in [9.17, 15) is 8.42 Å². The van der Waals surface area contributed by atoms with Crippen molar-refractivity contribution in [1.82, 2.24) is 14.4 Å².